The van der Waals surface area contributed by atoms with E-state index in [4.69, 9.17) is 11.6 Å². The molecule has 2 rings (SSSR count). The fraction of sp³-hybridized carbons (Fsp3) is 0.111. The van der Waals surface area contributed by atoms with E-state index >= 15 is 0 Å². The number of hydrogen-bond acceptors (Lipinski definition) is 3. The molecule has 4 nitrogen and oxygen atoms in total. The second-order valence-electron chi connectivity index (χ2n) is 2.79. The Kier molecular flexibility index (Phi) is 2.37. The fourth-order valence-electron chi connectivity index (χ4n) is 1.12. The largest absolute Gasteiger partial charge is 0.538 e. The lowest BCUT2D eigenvalue weighted by atomic mass is 10.2. The Morgan fingerprint density at radius 3 is 2.64 bits per heavy atom. The second kappa shape index (κ2) is 3.67. The van der Waals surface area contributed by atoms with E-state index in [1.54, 1.807) is 0 Å². The molecule has 0 aliphatic carbocycles. The lowest BCUT2D eigenvalue weighted by Gasteiger charge is -1.92. The van der Waals surface area contributed by atoms with Crippen LogP contribution in [-0.2, 0) is 6.54 Å². The first-order valence-corrected chi connectivity index (χ1v) is 4.41. The van der Waals surface area contributed by atoms with Crippen molar-refractivity contribution in [1.29, 1.82) is 0 Å². The van der Waals surface area contributed by atoms with Gasteiger partial charge in [-0.25, -0.2) is 0 Å². The van der Waals surface area contributed by atoms with Crippen LogP contribution in [0.5, 0.6) is 5.95 Å². The highest BCUT2D eigenvalue weighted by Crippen LogP contribution is 2.13. The Labute approximate surface area is 85.3 Å². The molecule has 0 saturated heterocycles. The van der Waals surface area contributed by atoms with Crippen LogP contribution in [0.15, 0.2) is 34.9 Å². The van der Waals surface area contributed by atoms with Gasteiger partial charge in [0.05, 0.1) is 5.27 Å². The van der Waals surface area contributed by atoms with Gasteiger partial charge in [-0.15, -0.1) is 0 Å². The summed E-state index contributed by atoms with van der Waals surface area (Å²) in [5.74, 6) is -0.609. The highest BCUT2D eigenvalue weighted by Gasteiger charge is 2.14. The number of aromatic nitrogens is 2. The van der Waals surface area contributed by atoms with Crippen molar-refractivity contribution in [2.24, 2.45) is 0 Å². The van der Waals surface area contributed by atoms with Crippen molar-refractivity contribution < 1.29 is 14.3 Å². The Bertz CT molecular complexity index is 428. The van der Waals surface area contributed by atoms with Crippen molar-refractivity contribution in [2.75, 3.05) is 0 Å². The molecule has 0 spiro atoms. The number of benzene rings is 1. The summed E-state index contributed by atoms with van der Waals surface area (Å²) in [6, 6.07) is 9.56. The normalized spacial score (nSPS) is 10.4. The summed E-state index contributed by atoms with van der Waals surface area (Å²) in [6.07, 6.45) is 0. The number of halogens is 1. The molecule has 0 radical (unpaired) electrons. The molecular weight excluding hydrogens is 204 g/mol. The molecule has 0 unspecified atom stereocenters. The van der Waals surface area contributed by atoms with Crippen molar-refractivity contribution >= 4 is 11.6 Å². The van der Waals surface area contributed by atoms with Gasteiger partial charge >= 0.3 is 5.15 Å². The number of rotatable bonds is 2. The first-order chi connectivity index (χ1) is 6.77. The molecule has 0 atom stereocenters. The maximum Gasteiger partial charge on any atom is 0.325 e. The third-order valence-electron chi connectivity index (χ3n) is 1.79. The van der Waals surface area contributed by atoms with Gasteiger partial charge in [0.25, 0.3) is 0 Å². The summed E-state index contributed by atoms with van der Waals surface area (Å²) >= 11 is 5.65. The molecule has 1 aromatic carbocycles. The monoisotopic (exact) mass is 210 g/mol. The molecule has 0 aliphatic heterocycles. The van der Waals surface area contributed by atoms with Crippen molar-refractivity contribution in [3.05, 3.63) is 41.0 Å². The molecule has 0 N–H and O–H groups in total. The minimum Gasteiger partial charge on any atom is -0.538 e. The van der Waals surface area contributed by atoms with Crippen molar-refractivity contribution in [3.63, 3.8) is 0 Å². The van der Waals surface area contributed by atoms with Crippen LogP contribution in [0.25, 0.3) is 0 Å². The Hall–Kier alpha value is -1.55. The minimum absolute atomic E-state index is 0.00569. The third kappa shape index (κ3) is 1.70. The lowest BCUT2D eigenvalue weighted by molar-refractivity contribution is -0.752. The van der Waals surface area contributed by atoms with E-state index in [1.807, 2.05) is 30.3 Å². The molecule has 5 heteroatoms. The van der Waals surface area contributed by atoms with E-state index < -0.39 is 5.95 Å². The number of nitrogens with zero attached hydrogens (tertiary/aromatic N) is 2. The molecule has 1 aromatic heterocycles. The number of hydrogen-bond donors (Lipinski definition) is 0. The summed E-state index contributed by atoms with van der Waals surface area (Å²) in [5.41, 5.74) is 1.01. The molecule has 1 heterocycles. The van der Waals surface area contributed by atoms with Crippen LogP contribution in [0.2, 0.25) is 5.15 Å². The standard InChI is InChI=1S/C9H7ClN2O2/c10-8-9(13)14-11-12(8)6-7-4-2-1-3-5-7/h1-5H,6H2. The average molecular weight is 211 g/mol. The summed E-state index contributed by atoms with van der Waals surface area (Å²) in [4.78, 5) is 0. The summed E-state index contributed by atoms with van der Waals surface area (Å²) < 4.78 is 5.71. The molecule has 0 bridgehead atoms. The van der Waals surface area contributed by atoms with E-state index in [0.29, 0.717) is 6.54 Å². The van der Waals surface area contributed by atoms with E-state index in [1.165, 1.54) is 4.68 Å². The average Bonchev–Trinajstić information content (AvgIpc) is 2.52. The first kappa shape index (κ1) is 9.02. The predicted molar refractivity (Wildman–Crippen MR) is 46.7 cm³/mol. The van der Waals surface area contributed by atoms with Gasteiger partial charge in [0, 0.05) is 5.56 Å². The minimum atomic E-state index is -0.609. The molecule has 0 aliphatic rings. The Morgan fingerprint density at radius 2 is 2.07 bits per heavy atom. The second-order valence-corrected chi connectivity index (χ2v) is 3.15. The summed E-state index contributed by atoms with van der Waals surface area (Å²) in [6.45, 7) is 0.436. The van der Waals surface area contributed by atoms with Crippen LogP contribution in [0, 0.1) is 0 Å². The van der Waals surface area contributed by atoms with Crippen LogP contribution >= 0.6 is 11.6 Å². The van der Waals surface area contributed by atoms with Gasteiger partial charge in [-0.2, -0.15) is 0 Å². The summed E-state index contributed by atoms with van der Waals surface area (Å²) in [7, 11) is 0. The molecule has 14 heavy (non-hydrogen) atoms. The first-order valence-electron chi connectivity index (χ1n) is 4.03. The smallest absolute Gasteiger partial charge is 0.325 e. The van der Waals surface area contributed by atoms with Gasteiger partial charge in [-0.3, -0.25) is 0 Å². The zero-order chi connectivity index (χ0) is 9.97. The van der Waals surface area contributed by atoms with Gasteiger partial charge in [-0.05, 0) is 11.6 Å². The van der Waals surface area contributed by atoms with Crippen LogP contribution < -0.4 is 9.79 Å². The van der Waals surface area contributed by atoms with Gasteiger partial charge in [0.15, 0.2) is 5.95 Å². The van der Waals surface area contributed by atoms with Gasteiger partial charge in [0.2, 0.25) is 6.54 Å². The van der Waals surface area contributed by atoms with Crippen molar-refractivity contribution in [3.8, 4) is 5.95 Å². The van der Waals surface area contributed by atoms with Crippen LogP contribution in [0.1, 0.15) is 5.56 Å². The molecule has 0 fully saturated rings. The summed E-state index contributed by atoms with van der Waals surface area (Å²) in [5, 5.41) is 14.4. The zero-order valence-corrected chi connectivity index (χ0v) is 7.94. The van der Waals surface area contributed by atoms with E-state index in [2.05, 4.69) is 9.79 Å². The van der Waals surface area contributed by atoms with Gasteiger partial charge in [-0.1, -0.05) is 35.0 Å². The predicted octanol–water partition coefficient (Wildman–Crippen LogP) is 0.737. The zero-order valence-electron chi connectivity index (χ0n) is 7.18. The van der Waals surface area contributed by atoms with Gasteiger partial charge < -0.3 is 9.63 Å². The maximum absolute atomic E-state index is 10.8. The molecule has 0 saturated carbocycles. The van der Waals surface area contributed by atoms with Gasteiger partial charge in [0.1, 0.15) is 0 Å². The quantitative estimate of drug-likeness (QED) is 0.687. The Morgan fingerprint density at radius 1 is 1.36 bits per heavy atom. The van der Waals surface area contributed by atoms with E-state index in [0.717, 1.165) is 5.56 Å². The topological polar surface area (TPSA) is 53.0 Å². The van der Waals surface area contributed by atoms with E-state index in [9.17, 15) is 5.11 Å². The SMILES string of the molecule is [O-]c1on[n+](Cc2ccccc2)c1Cl. The van der Waals surface area contributed by atoms with Crippen LogP contribution in [-0.4, -0.2) is 5.27 Å². The molecular formula is C9H7ClN2O2. The third-order valence-corrected chi connectivity index (χ3v) is 2.14. The highest BCUT2D eigenvalue weighted by molar-refractivity contribution is 6.29. The maximum atomic E-state index is 10.8. The van der Waals surface area contributed by atoms with E-state index in [-0.39, 0.29) is 5.15 Å². The van der Waals surface area contributed by atoms with Crippen molar-refractivity contribution in [1.82, 2.24) is 5.27 Å². The highest BCUT2D eigenvalue weighted by atomic mass is 35.5. The fourth-order valence-corrected chi connectivity index (χ4v) is 1.24. The van der Waals surface area contributed by atoms with Crippen molar-refractivity contribution in [2.45, 2.75) is 6.54 Å². The molecule has 2 aromatic rings. The molecule has 0 amide bonds. The lowest BCUT2D eigenvalue weighted by Crippen LogP contribution is -2.36. The molecule has 72 valence electrons. The van der Waals surface area contributed by atoms with Crippen LogP contribution in [0.3, 0.4) is 0 Å². The van der Waals surface area contributed by atoms with Crippen LogP contribution in [0.4, 0.5) is 0 Å². The Balaban J connectivity index is 2.23.